The van der Waals surface area contributed by atoms with Gasteiger partial charge < -0.3 is 10.1 Å². The van der Waals surface area contributed by atoms with E-state index in [-0.39, 0.29) is 29.4 Å². The first kappa shape index (κ1) is 24.6. The van der Waals surface area contributed by atoms with Gasteiger partial charge in [0.2, 0.25) is 10.0 Å². The lowest BCUT2D eigenvalue weighted by Gasteiger charge is -2.26. The van der Waals surface area contributed by atoms with E-state index in [1.165, 1.54) is 12.1 Å². The maximum atomic E-state index is 14.3. The topological polar surface area (TPSA) is 136 Å². The molecule has 33 heavy (non-hydrogen) atoms. The standard InChI is InChI=1S/C20H19ClFN3O7S/c21-14-5-7-16(17(11-14)25(28)29)23-19(26)12-32-20(27)13-4-6-15(22)18(10-13)33(30,31)24-8-2-1-3-9-24/h4-7,10-11H,1-3,8-9,12H2,(H,23,26). The SMILES string of the molecule is O=C(COC(=O)c1ccc(F)c(S(=O)(=O)N2CCCCC2)c1)Nc1ccc(Cl)cc1[N+](=O)[O-]. The molecule has 1 amide bonds. The Morgan fingerprint density at radius 3 is 2.52 bits per heavy atom. The Hall–Kier alpha value is -3.09. The second-order valence-electron chi connectivity index (χ2n) is 7.15. The molecule has 1 fully saturated rings. The Morgan fingerprint density at radius 1 is 1.15 bits per heavy atom. The molecular weight excluding hydrogens is 481 g/mol. The number of hydrogen-bond donors (Lipinski definition) is 1. The molecule has 1 saturated heterocycles. The number of sulfonamides is 1. The van der Waals surface area contributed by atoms with Gasteiger partial charge in [0.05, 0.1) is 10.5 Å². The smallest absolute Gasteiger partial charge is 0.338 e. The number of benzene rings is 2. The fourth-order valence-electron chi connectivity index (χ4n) is 3.23. The van der Waals surface area contributed by atoms with E-state index in [1.807, 2.05) is 0 Å². The van der Waals surface area contributed by atoms with Crippen molar-refractivity contribution in [2.75, 3.05) is 25.0 Å². The molecular formula is C20H19ClFN3O7S. The zero-order valence-electron chi connectivity index (χ0n) is 17.1. The predicted molar refractivity (Wildman–Crippen MR) is 116 cm³/mol. The number of anilines is 1. The Kier molecular flexibility index (Phi) is 7.61. The van der Waals surface area contributed by atoms with Gasteiger partial charge in [0.15, 0.2) is 6.61 Å². The van der Waals surface area contributed by atoms with Crippen molar-refractivity contribution in [1.29, 1.82) is 0 Å². The fraction of sp³-hybridized carbons (Fsp3) is 0.300. The van der Waals surface area contributed by atoms with Crippen LogP contribution in [0.5, 0.6) is 0 Å². The average Bonchev–Trinajstić information content (AvgIpc) is 2.79. The number of ether oxygens (including phenoxy) is 1. The molecule has 1 aliphatic heterocycles. The zero-order chi connectivity index (χ0) is 24.2. The summed E-state index contributed by atoms with van der Waals surface area (Å²) in [5.41, 5.74) is -0.868. The maximum absolute atomic E-state index is 14.3. The normalized spacial score (nSPS) is 14.5. The molecule has 0 unspecified atom stereocenters. The van der Waals surface area contributed by atoms with Crippen molar-refractivity contribution >= 4 is 44.9 Å². The van der Waals surface area contributed by atoms with Crippen LogP contribution < -0.4 is 5.32 Å². The number of halogens is 2. The first-order valence-corrected chi connectivity index (χ1v) is 11.6. The second kappa shape index (κ2) is 10.2. The number of hydrogen-bond acceptors (Lipinski definition) is 7. The lowest BCUT2D eigenvalue weighted by atomic mass is 10.2. The van der Waals surface area contributed by atoms with Gasteiger partial charge >= 0.3 is 5.97 Å². The van der Waals surface area contributed by atoms with Crippen LogP contribution in [0.2, 0.25) is 5.02 Å². The summed E-state index contributed by atoms with van der Waals surface area (Å²) in [6, 6.07) is 6.34. The van der Waals surface area contributed by atoms with Crippen LogP contribution >= 0.6 is 11.6 Å². The van der Waals surface area contributed by atoms with Gasteiger partial charge in [-0.25, -0.2) is 17.6 Å². The van der Waals surface area contributed by atoms with Gasteiger partial charge in [-0.1, -0.05) is 18.0 Å². The Labute approximate surface area is 193 Å². The van der Waals surface area contributed by atoms with Gasteiger partial charge in [-0.15, -0.1) is 0 Å². The monoisotopic (exact) mass is 499 g/mol. The number of piperidine rings is 1. The first-order chi connectivity index (χ1) is 15.6. The third kappa shape index (κ3) is 5.83. The van der Waals surface area contributed by atoms with E-state index >= 15 is 0 Å². The number of carbonyl (C=O) groups excluding carboxylic acids is 2. The maximum Gasteiger partial charge on any atom is 0.338 e. The summed E-state index contributed by atoms with van der Waals surface area (Å²) in [6.07, 6.45) is 2.19. The van der Waals surface area contributed by atoms with Crippen molar-refractivity contribution in [1.82, 2.24) is 4.31 Å². The fourth-order valence-corrected chi connectivity index (χ4v) is 5.01. The summed E-state index contributed by atoms with van der Waals surface area (Å²) < 4.78 is 45.8. The van der Waals surface area contributed by atoms with Gasteiger partial charge in [0, 0.05) is 24.2 Å². The van der Waals surface area contributed by atoms with E-state index in [1.54, 1.807) is 0 Å². The van der Waals surface area contributed by atoms with Crippen molar-refractivity contribution in [2.24, 2.45) is 0 Å². The van der Waals surface area contributed by atoms with Crippen LogP contribution in [0, 0.1) is 15.9 Å². The highest BCUT2D eigenvalue weighted by molar-refractivity contribution is 7.89. The summed E-state index contributed by atoms with van der Waals surface area (Å²) in [7, 11) is -4.14. The molecule has 0 spiro atoms. The Bertz CT molecular complexity index is 1200. The Balaban J connectivity index is 1.69. The number of nitro groups is 1. The van der Waals surface area contributed by atoms with E-state index in [9.17, 15) is 32.5 Å². The van der Waals surface area contributed by atoms with Crippen LogP contribution in [0.15, 0.2) is 41.3 Å². The highest BCUT2D eigenvalue weighted by atomic mass is 35.5. The number of amides is 1. The zero-order valence-corrected chi connectivity index (χ0v) is 18.7. The van der Waals surface area contributed by atoms with E-state index in [2.05, 4.69) is 5.32 Å². The number of esters is 1. The Morgan fingerprint density at radius 2 is 1.85 bits per heavy atom. The molecule has 0 saturated carbocycles. The third-order valence-corrected chi connectivity index (χ3v) is 7.01. The molecule has 0 radical (unpaired) electrons. The molecule has 1 heterocycles. The van der Waals surface area contributed by atoms with Crippen LogP contribution in [0.1, 0.15) is 29.6 Å². The van der Waals surface area contributed by atoms with Crippen molar-refractivity contribution in [2.45, 2.75) is 24.2 Å². The number of rotatable bonds is 7. The molecule has 13 heteroatoms. The van der Waals surface area contributed by atoms with E-state index in [4.69, 9.17) is 16.3 Å². The van der Waals surface area contributed by atoms with Crippen LogP contribution in [0.25, 0.3) is 0 Å². The minimum atomic E-state index is -4.14. The van der Waals surface area contributed by atoms with E-state index in [0.717, 1.165) is 35.0 Å². The summed E-state index contributed by atoms with van der Waals surface area (Å²) in [4.78, 5) is 34.1. The van der Waals surface area contributed by atoms with Crippen LogP contribution in [-0.4, -0.2) is 49.2 Å². The molecule has 1 aliphatic rings. The molecule has 0 atom stereocenters. The molecule has 0 aromatic heterocycles. The lowest BCUT2D eigenvalue weighted by Crippen LogP contribution is -2.36. The first-order valence-electron chi connectivity index (χ1n) is 9.80. The van der Waals surface area contributed by atoms with Gasteiger partial charge in [-0.05, 0) is 43.2 Å². The van der Waals surface area contributed by atoms with Gasteiger partial charge in [0.1, 0.15) is 16.4 Å². The van der Waals surface area contributed by atoms with Crippen molar-refractivity contribution < 1.29 is 32.1 Å². The van der Waals surface area contributed by atoms with Crippen molar-refractivity contribution in [3.8, 4) is 0 Å². The minimum Gasteiger partial charge on any atom is -0.452 e. The van der Waals surface area contributed by atoms with Crippen LogP contribution in [-0.2, 0) is 19.6 Å². The number of nitro benzene ring substituents is 1. The molecule has 1 N–H and O–H groups in total. The van der Waals surface area contributed by atoms with Gasteiger partial charge in [-0.2, -0.15) is 4.31 Å². The van der Waals surface area contributed by atoms with Crippen molar-refractivity contribution in [3.05, 3.63) is 62.9 Å². The van der Waals surface area contributed by atoms with Gasteiger partial charge in [0.25, 0.3) is 11.6 Å². The summed E-state index contributed by atoms with van der Waals surface area (Å²) in [5.74, 6) is -2.95. The predicted octanol–water partition coefficient (Wildman–Crippen LogP) is 3.36. The molecule has 0 bridgehead atoms. The third-order valence-electron chi connectivity index (χ3n) is 4.86. The molecule has 0 aliphatic carbocycles. The molecule has 2 aromatic carbocycles. The largest absolute Gasteiger partial charge is 0.452 e. The number of nitrogens with one attached hydrogen (secondary N) is 1. The minimum absolute atomic E-state index is 0.0951. The second-order valence-corrected chi connectivity index (χ2v) is 9.50. The summed E-state index contributed by atoms with van der Waals surface area (Å²) in [6.45, 7) is -0.300. The van der Waals surface area contributed by atoms with Gasteiger partial charge in [-0.3, -0.25) is 14.9 Å². The summed E-state index contributed by atoms with van der Waals surface area (Å²) in [5, 5.41) is 13.4. The van der Waals surface area contributed by atoms with E-state index < -0.39 is 49.8 Å². The highest BCUT2D eigenvalue weighted by Crippen LogP contribution is 2.28. The quantitative estimate of drug-likeness (QED) is 0.350. The molecule has 2 aromatic rings. The van der Waals surface area contributed by atoms with Crippen molar-refractivity contribution in [3.63, 3.8) is 0 Å². The number of nitrogens with zero attached hydrogens (tertiary/aromatic N) is 2. The molecule has 10 nitrogen and oxygen atoms in total. The summed E-state index contributed by atoms with van der Waals surface area (Å²) >= 11 is 5.71. The average molecular weight is 500 g/mol. The number of carbonyl (C=O) groups is 2. The van der Waals surface area contributed by atoms with Crippen LogP contribution in [0.4, 0.5) is 15.8 Å². The highest BCUT2D eigenvalue weighted by Gasteiger charge is 2.29. The lowest BCUT2D eigenvalue weighted by molar-refractivity contribution is -0.383. The van der Waals surface area contributed by atoms with Crippen LogP contribution in [0.3, 0.4) is 0 Å². The molecule has 3 rings (SSSR count). The molecule has 176 valence electrons. The van der Waals surface area contributed by atoms with E-state index in [0.29, 0.717) is 12.8 Å².